The van der Waals surface area contributed by atoms with Crippen molar-refractivity contribution in [3.05, 3.63) is 29.8 Å². The van der Waals surface area contributed by atoms with Crippen molar-refractivity contribution in [3.63, 3.8) is 0 Å². The summed E-state index contributed by atoms with van der Waals surface area (Å²) >= 11 is 0. The summed E-state index contributed by atoms with van der Waals surface area (Å²) in [4.78, 5) is 10.5. The molecule has 0 saturated carbocycles. The molecule has 0 spiro atoms. The van der Waals surface area contributed by atoms with Crippen LogP contribution in [0.4, 0.5) is 4.79 Å². The number of primary sulfonamides is 1. The molecule has 0 aliphatic carbocycles. The van der Waals surface area contributed by atoms with E-state index in [4.69, 9.17) is 10.9 Å². The second-order valence-corrected chi connectivity index (χ2v) is 5.65. The summed E-state index contributed by atoms with van der Waals surface area (Å²) in [6.45, 7) is 2.80. The van der Waals surface area contributed by atoms with Gasteiger partial charge in [-0.1, -0.05) is 12.1 Å². The second-order valence-electron chi connectivity index (χ2n) is 4.08. The van der Waals surface area contributed by atoms with E-state index in [2.05, 4.69) is 10.6 Å². The van der Waals surface area contributed by atoms with Gasteiger partial charge in [-0.15, -0.1) is 0 Å². The summed E-state index contributed by atoms with van der Waals surface area (Å²) < 4.78 is 22.5. The Morgan fingerprint density at radius 2 is 2.05 bits per heavy atom. The molecule has 1 atom stereocenters. The third-order valence-electron chi connectivity index (χ3n) is 2.56. The first-order valence-electron chi connectivity index (χ1n) is 5.70. The molecule has 1 rings (SSSR count). The Labute approximate surface area is 112 Å². The van der Waals surface area contributed by atoms with Crippen molar-refractivity contribution in [1.29, 1.82) is 0 Å². The molecule has 6 N–H and O–H groups in total. The molecule has 19 heavy (non-hydrogen) atoms. The van der Waals surface area contributed by atoms with Crippen LogP contribution in [0.25, 0.3) is 0 Å². The van der Waals surface area contributed by atoms with Gasteiger partial charge in [-0.05, 0) is 24.6 Å². The van der Waals surface area contributed by atoms with E-state index in [1.54, 1.807) is 12.1 Å². The molecule has 0 fully saturated rings. The van der Waals surface area contributed by atoms with Crippen molar-refractivity contribution in [2.75, 3.05) is 13.1 Å². The van der Waals surface area contributed by atoms with E-state index < -0.39 is 16.1 Å². The summed E-state index contributed by atoms with van der Waals surface area (Å²) in [5.41, 5.74) is 5.73. The van der Waals surface area contributed by atoms with Crippen LogP contribution in [0.2, 0.25) is 0 Å². The number of carbonyl (C=O) groups is 1. The zero-order valence-electron chi connectivity index (χ0n) is 10.6. The third-order valence-corrected chi connectivity index (χ3v) is 3.47. The van der Waals surface area contributed by atoms with Crippen molar-refractivity contribution in [1.82, 2.24) is 10.6 Å². The molecule has 1 aromatic carbocycles. The Balaban J connectivity index is 2.62. The lowest BCUT2D eigenvalue weighted by Crippen LogP contribution is -2.36. The number of nitrogens with one attached hydrogen (secondary N) is 2. The molecule has 0 bridgehead atoms. The number of amides is 2. The average molecular weight is 286 g/mol. The highest BCUT2D eigenvalue weighted by atomic mass is 32.2. The molecule has 7 nitrogen and oxygen atoms in total. The van der Waals surface area contributed by atoms with Gasteiger partial charge in [0.05, 0.1) is 4.90 Å². The summed E-state index contributed by atoms with van der Waals surface area (Å²) in [6.07, 6.45) is 0. The predicted octanol–water partition coefficient (Wildman–Crippen LogP) is -0.347. The summed E-state index contributed by atoms with van der Waals surface area (Å²) in [5.74, 6) is 0. The second kappa shape index (κ2) is 6.50. The van der Waals surface area contributed by atoms with Crippen LogP contribution in [0.3, 0.4) is 0 Å². The zero-order valence-corrected chi connectivity index (χ0v) is 11.4. The molecule has 1 aromatic rings. The molecular weight excluding hydrogens is 268 g/mol. The molecule has 0 saturated heterocycles. The van der Waals surface area contributed by atoms with Crippen molar-refractivity contribution in [2.24, 2.45) is 10.9 Å². The smallest absolute Gasteiger partial charge is 0.312 e. The third kappa shape index (κ3) is 5.25. The van der Waals surface area contributed by atoms with Crippen molar-refractivity contribution >= 4 is 16.1 Å². The maximum Gasteiger partial charge on any atom is 0.312 e. The largest absolute Gasteiger partial charge is 0.352 e. The maximum absolute atomic E-state index is 11.2. The highest BCUT2D eigenvalue weighted by molar-refractivity contribution is 7.89. The van der Waals surface area contributed by atoms with Crippen LogP contribution in [0, 0.1) is 0 Å². The molecule has 0 aliphatic heterocycles. The fraction of sp³-hybridized carbons (Fsp3) is 0.364. The monoisotopic (exact) mass is 286 g/mol. The van der Waals surface area contributed by atoms with Crippen LogP contribution >= 0.6 is 0 Å². The SMILES string of the molecule is CC(NCCNC(N)=O)c1cccc(S(N)(=O)=O)c1. The van der Waals surface area contributed by atoms with Gasteiger partial charge in [0.2, 0.25) is 10.0 Å². The van der Waals surface area contributed by atoms with Crippen LogP contribution < -0.4 is 21.5 Å². The van der Waals surface area contributed by atoms with E-state index in [0.717, 1.165) is 5.56 Å². The number of carbonyl (C=O) groups excluding carboxylic acids is 1. The highest BCUT2D eigenvalue weighted by Crippen LogP contribution is 2.16. The summed E-state index contributed by atoms with van der Waals surface area (Å²) in [6, 6.07) is 5.75. The maximum atomic E-state index is 11.2. The molecule has 2 amide bonds. The fourth-order valence-corrected chi connectivity index (χ4v) is 2.12. The first kappa shape index (κ1) is 15.4. The average Bonchev–Trinajstić information content (AvgIpc) is 2.33. The molecule has 0 radical (unpaired) electrons. The quantitative estimate of drug-likeness (QED) is 0.533. The number of benzene rings is 1. The molecule has 1 unspecified atom stereocenters. The normalized spacial score (nSPS) is 12.9. The van der Waals surface area contributed by atoms with Crippen molar-refractivity contribution < 1.29 is 13.2 Å². The zero-order chi connectivity index (χ0) is 14.5. The number of rotatable bonds is 6. The van der Waals surface area contributed by atoms with E-state index in [-0.39, 0.29) is 10.9 Å². The summed E-state index contributed by atoms with van der Waals surface area (Å²) in [5, 5.41) is 10.6. The van der Waals surface area contributed by atoms with E-state index in [0.29, 0.717) is 13.1 Å². The Hall–Kier alpha value is -1.64. The molecule has 0 aromatic heterocycles. The molecule has 106 valence electrons. The Morgan fingerprint density at radius 3 is 2.63 bits per heavy atom. The van der Waals surface area contributed by atoms with Crippen molar-refractivity contribution in [2.45, 2.75) is 17.9 Å². The minimum Gasteiger partial charge on any atom is -0.352 e. The number of hydrogen-bond donors (Lipinski definition) is 4. The minimum atomic E-state index is -3.70. The Kier molecular flexibility index (Phi) is 5.28. The standard InChI is InChI=1S/C11H18N4O3S/c1-8(14-5-6-15-11(12)16)9-3-2-4-10(7-9)19(13,17)18/h2-4,7-8,14H,5-6H2,1H3,(H3,12,15,16)(H2,13,17,18). The van der Waals surface area contributed by atoms with Gasteiger partial charge < -0.3 is 16.4 Å². The van der Waals surface area contributed by atoms with Gasteiger partial charge in [-0.2, -0.15) is 0 Å². The van der Waals surface area contributed by atoms with E-state index in [1.807, 2.05) is 6.92 Å². The van der Waals surface area contributed by atoms with Crippen molar-refractivity contribution in [3.8, 4) is 0 Å². The van der Waals surface area contributed by atoms with Crippen LogP contribution in [-0.4, -0.2) is 27.5 Å². The van der Waals surface area contributed by atoms with Crippen LogP contribution in [0.1, 0.15) is 18.5 Å². The van der Waals surface area contributed by atoms with E-state index >= 15 is 0 Å². The molecule has 0 aliphatic rings. The topological polar surface area (TPSA) is 127 Å². The molecule has 0 heterocycles. The van der Waals surface area contributed by atoms with Gasteiger partial charge in [-0.25, -0.2) is 18.4 Å². The molecular formula is C11H18N4O3S. The first-order valence-corrected chi connectivity index (χ1v) is 7.25. The Morgan fingerprint density at radius 1 is 1.37 bits per heavy atom. The minimum absolute atomic E-state index is 0.0728. The summed E-state index contributed by atoms with van der Waals surface area (Å²) in [7, 11) is -3.70. The van der Waals surface area contributed by atoms with Crippen LogP contribution in [0.5, 0.6) is 0 Å². The molecule has 8 heteroatoms. The van der Waals surface area contributed by atoms with Gasteiger partial charge in [0.1, 0.15) is 0 Å². The lowest BCUT2D eigenvalue weighted by molar-refractivity contribution is 0.249. The van der Waals surface area contributed by atoms with Crippen LogP contribution in [-0.2, 0) is 10.0 Å². The first-order chi connectivity index (χ1) is 8.80. The predicted molar refractivity (Wildman–Crippen MR) is 71.8 cm³/mol. The number of urea groups is 1. The van der Waals surface area contributed by atoms with Gasteiger partial charge >= 0.3 is 6.03 Å². The van der Waals surface area contributed by atoms with E-state index in [9.17, 15) is 13.2 Å². The number of sulfonamides is 1. The van der Waals surface area contributed by atoms with E-state index in [1.165, 1.54) is 12.1 Å². The lowest BCUT2D eigenvalue weighted by atomic mass is 10.1. The highest BCUT2D eigenvalue weighted by Gasteiger charge is 2.11. The lowest BCUT2D eigenvalue weighted by Gasteiger charge is -2.15. The number of nitrogens with two attached hydrogens (primary N) is 2. The Bertz CT molecular complexity index is 545. The van der Waals surface area contributed by atoms with Gasteiger partial charge in [0.15, 0.2) is 0 Å². The van der Waals surface area contributed by atoms with Crippen LogP contribution in [0.15, 0.2) is 29.2 Å². The number of hydrogen-bond acceptors (Lipinski definition) is 4. The fourth-order valence-electron chi connectivity index (χ4n) is 1.55. The van der Waals surface area contributed by atoms with Gasteiger partial charge in [0.25, 0.3) is 0 Å². The van der Waals surface area contributed by atoms with Gasteiger partial charge in [-0.3, -0.25) is 0 Å². The van der Waals surface area contributed by atoms with Gasteiger partial charge in [0, 0.05) is 19.1 Å². The number of primary amides is 1.